The Morgan fingerprint density at radius 2 is 1.84 bits per heavy atom. The molecule has 0 saturated heterocycles. The zero-order valence-corrected chi connectivity index (χ0v) is 15.2. The molecule has 1 N–H and O–H groups in total. The van der Waals surface area contributed by atoms with E-state index < -0.39 is 0 Å². The van der Waals surface area contributed by atoms with Gasteiger partial charge in [0.1, 0.15) is 0 Å². The maximum atomic E-state index is 11.9. The summed E-state index contributed by atoms with van der Waals surface area (Å²) in [5.74, 6) is 0.781. The van der Waals surface area contributed by atoms with Crippen LogP contribution in [0.3, 0.4) is 0 Å². The number of hydrogen-bond acceptors (Lipinski definition) is 5. The molecular weight excluding hydrogens is 381 g/mol. The SMILES string of the molecule is O=C(CCSc1nnc(-c2ccccc2Cl)o1)Nc1ccc(Cl)cc1. The fourth-order valence-electron chi connectivity index (χ4n) is 2.00. The molecule has 2 aromatic carbocycles. The Labute approximate surface area is 158 Å². The number of rotatable bonds is 6. The van der Waals surface area contributed by atoms with E-state index in [-0.39, 0.29) is 5.91 Å². The van der Waals surface area contributed by atoms with Gasteiger partial charge >= 0.3 is 0 Å². The molecule has 3 aromatic rings. The van der Waals surface area contributed by atoms with Crippen molar-refractivity contribution in [1.82, 2.24) is 10.2 Å². The van der Waals surface area contributed by atoms with Gasteiger partial charge in [-0.3, -0.25) is 4.79 Å². The first-order chi connectivity index (χ1) is 12.1. The molecule has 0 saturated carbocycles. The second-order valence-corrected chi connectivity index (χ2v) is 6.90. The number of nitrogens with zero attached hydrogens (tertiary/aromatic N) is 2. The lowest BCUT2D eigenvalue weighted by atomic mass is 10.2. The molecular formula is C17H13Cl2N3O2S. The zero-order chi connectivity index (χ0) is 17.6. The Balaban J connectivity index is 1.50. The van der Waals surface area contributed by atoms with Crippen molar-refractivity contribution in [3.8, 4) is 11.5 Å². The summed E-state index contributed by atoms with van der Waals surface area (Å²) in [4.78, 5) is 11.9. The van der Waals surface area contributed by atoms with Gasteiger partial charge in [0.25, 0.3) is 5.22 Å². The third kappa shape index (κ3) is 4.98. The van der Waals surface area contributed by atoms with E-state index >= 15 is 0 Å². The van der Waals surface area contributed by atoms with Crippen molar-refractivity contribution in [2.45, 2.75) is 11.6 Å². The van der Waals surface area contributed by atoms with E-state index in [9.17, 15) is 4.79 Å². The summed E-state index contributed by atoms with van der Waals surface area (Å²) in [6, 6.07) is 14.2. The van der Waals surface area contributed by atoms with Gasteiger partial charge in [-0.2, -0.15) is 0 Å². The van der Waals surface area contributed by atoms with Crippen LogP contribution in [0.2, 0.25) is 10.0 Å². The number of carbonyl (C=O) groups excluding carboxylic acids is 1. The predicted molar refractivity (Wildman–Crippen MR) is 100 cm³/mol. The van der Waals surface area contributed by atoms with Crippen LogP contribution in [-0.2, 0) is 4.79 Å². The van der Waals surface area contributed by atoms with E-state index in [4.69, 9.17) is 27.6 Å². The van der Waals surface area contributed by atoms with Crippen molar-refractivity contribution < 1.29 is 9.21 Å². The number of hydrogen-bond donors (Lipinski definition) is 1. The first-order valence-corrected chi connectivity index (χ1v) is 9.12. The molecule has 25 heavy (non-hydrogen) atoms. The van der Waals surface area contributed by atoms with Gasteiger partial charge in [0, 0.05) is 22.9 Å². The number of amides is 1. The third-order valence-corrected chi connectivity index (χ3v) is 4.60. The molecule has 0 fully saturated rings. The second kappa shape index (κ2) is 8.38. The Hall–Kier alpha value is -2.02. The van der Waals surface area contributed by atoms with Gasteiger partial charge in [-0.25, -0.2) is 0 Å². The van der Waals surface area contributed by atoms with Crippen molar-refractivity contribution in [3.63, 3.8) is 0 Å². The van der Waals surface area contributed by atoms with E-state index in [2.05, 4.69) is 15.5 Å². The van der Waals surface area contributed by atoms with Gasteiger partial charge in [0.15, 0.2) is 0 Å². The van der Waals surface area contributed by atoms with Crippen molar-refractivity contribution in [1.29, 1.82) is 0 Å². The number of halogens is 2. The van der Waals surface area contributed by atoms with Crippen LogP contribution in [0.5, 0.6) is 0 Å². The molecule has 128 valence electrons. The standard InChI is InChI=1S/C17H13Cl2N3O2S/c18-11-5-7-12(8-6-11)20-15(23)9-10-25-17-22-21-16(24-17)13-3-1-2-4-14(13)19/h1-8H,9-10H2,(H,20,23). The molecule has 0 aliphatic heterocycles. The Morgan fingerprint density at radius 1 is 1.08 bits per heavy atom. The summed E-state index contributed by atoms with van der Waals surface area (Å²) in [5, 5.41) is 12.3. The maximum absolute atomic E-state index is 11.9. The highest BCUT2D eigenvalue weighted by molar-refractivity contribution is 7.99. The number of nitrogens with one attached hydrogen (secondary N) is 1. The summed E-state index contributed by atoms with van der Waals surface area (Å²) in [6.45, 7) is 0. The summed E-state index contributed by atoms with van der Waals surface area (Å²) in [5.41, 5.74) is 1.39. The van der Waals surface area contributed by atoms with Gasteiger partial charge in [-0.1, -0.05) is 47.1 Å². The molecule has 0 radical (unpaired) electrons. The first kappa shape index (κ1) is 17.8. The molecule has 0 atom stereocenters. The van der Waals surface area contributed by atoms with Gasteiger partial charge in [-0.05, 0) is 36.4 Å². The molecule has 1 amide bonds. The summed E-state index contributed by atoms with van der Waals surface area (Å²) in [6.07, 6.45) is 0.317. The Bertz CT molecular complexity index is 868. The minimum absolute atomic E-state index is 0.0966. The number of benzene rings is 2. The highest BCUT2D eigenvalue weighted by Gasteiger charge is 2.12. The first-order valence-electron chi connectivity index (χ1n) is 7.38. The number of aromatic nitrogens is 2. The second-order valence-electron chi connectivity index (χ2n) is 5.01. The lowest BCUT2D eigenvalue weighted by Gasteiger charge is -2.04. The van der Waals surface area contributed by atoms with Crippen LogP contribution in [-0.4, -0.2) is 21.9 Å². The van der Waals surface area contributed by atoms with E-state index in [0.717, 1.165) is 0 Å². The van der Waals surface area contributed by atoms with Gasteiger partial charge in [0.05, 0.1) is 10.6 Å². The fourth-order valence-corrected chi connectivity index (χ4v) is 3.04. The van der Waals surface area contributed by atoms with Crippen molar-refractivity contribution in [3.05, 3.63) is 58.6 Å². The predicted octanol–water partition coefficient (Wildman–Crippen LogP) is 5.16. The molecule has 8 heteroatoms. The molecule has 1 heterocycles. The minimum Gasteiger partial charge on any atom is -0.411 e. The average Bonchev–Trinajstić information content (AvgIpc) is 3.06. The largest absolute Gasteiger partial charge is 0.411 e. The summed E-state index contributed by atoms with van der Waals surface area (Å²) >= 11 is 13.2. The van der Waals surface area contributed by atoms with Crippen molar-refractivity contribution >= 4 is 46.6 Å². The molecule has 0 spiro atoms. The van der Waals surface area contributed by atoms with Crippen LogP contribution < -0.4 is 5.32 Å². The lowest BCUT2D eigenvalue weighted by molar-refractivity contribution is -0.115. The van der Waals surface area contributed by atoms with E-state index in [0.29, 0.717) is 44.6 Å². The van der Waals surface area contributed by atoms with E-state index in [1.807, 2.05) is 18.2 Å². The Kier molecular flexibility index (Phi) is 5.96. The van der Waals surface area contributed by atoms with Crippen LogP contribution in [0, 0.1) is 0 Å². The molecule has 1 aromatic heterocycles. The molecule has 0 unspecified atom stereocenters. The topological polar surface area (TPSA) is 68.0 Å². The van der Waals surface area contributed by atoms with Gasteiger partial charge in [-0.15, -0.1) is 10.2 Å². The van der Waals surface area contributed by atoms with Crippen LogP contribution in [0.15, 0.2) is 58.2 Å². The normalized spacial score (nSPS) is 10.6. The Morgan fingerprint density at radius 3 is 2.60 bits per heavy atom. The molecule has 0 aliphatic carbocycles. The number of carbonyl (C=O) groups is 1. The monoisotopic (exact) mass is 393 g/mol. The average molecular weight is 394 g/mol. The molecule has 0 aliphatic rings. The van der Waals surface area contributed by atoms with Crippen molar-refractivity contribution in [2.75, 3.05) is 11.1 Å². The quantitative estimate of drug-likeness (QED) is 0.585. The van der Waals surface area contributed by atoms with Gasteiger partial charge in [0.2, 0.25) is 11.8 Å². The maximum Gasteiger partial charge on any atom is 0.276 e. The van der Waals surface area contributed by atoms with Crippen LogP contribution in [0.25, 0.3) is 11.5 Å². The van der Waals surface area contributed by atoms with Crippen LogP contribution in [0.4, 0.5) is 5.69 Å². The third-order valence-electron chi connectivity index (χ3n) is 3.19. The minimum atomic E-state index is -0.0966. The molecule has 5 nitrogen and oxygen atoms in total. The number of thioether (sulfide) groups is 1. The fraction of sp³-hybridized carbons (Fsp3) is 0.118. The lowest BCUT2D eigenvalue weighted by Crippen LogP contribution is -2.11. The highest BCUT2D eigenvalue weighted by atomic mass is 35.5. The van der Waals surface area contributed by atoms with E-state index in [1.54, 1.807) is 30.3 Å². The van der Waals surface area contributed by atoms with Crippen molar-refractivity contribution in [2.24, 2.45) is 0 Å². The van der Waals surface area contributed by atoms with E-state index in [1.165, 1.54) is 11.8 Å². The molecule has 3 rings (SSSR count). The summed E-state index contributed by atoms with van der Waals surface area (Å²) in [7, 11) is 0. The van der Waals surface area contributed by atoms with Gasteiger partial charge < -0.3 is 9.73 Å². The zero-order valence-electron chi connectivity index (χ0n) is 12.9. The van der Waals surface area contributed by atoms with Crippen LogP contribution >= 0.6 is 35.0 Å². The van der Waals surface area contributed by atoms with Crippen LogP contribution in [0.1, 0.15) is 6.42 Å². The number of anilines is 1. The summed E-state index contributed by atoms with van der Waals surface area (Å²) < 4.78 is 5.57. The highest BCUT2D eigenvalue weighted by Crippen LogP contribution is 2.28. The molecule has 0 bridgehead atoms. The smallest absolute Gasteiger partial charge is 0.276 e.